The number of hydrogen-bond donors (Lipinski definition) is 1. The predicted octanol–water partition coefficient (Wildman–Crippen LogP) is 1.90. The van der Waals surface area contributed by atoms with Gasteiger partial charge in [0.2, 0.25) is 0 Å². The van der Waals surface area contributed by atoms with Crippen molar-refractivity contribution in [1.29, 1.82) is 0 Å². The van der Waals surface area contributed by atoms with Gasteiger partial charge in [0.05, 0.1) is 5.92 Å². The Morgan fingerprint density at radius 1 is 1.42 bits per heavy atom. The van der Waals surface area contributed by atoms with Gasteiger partial charge in [-0.25, -0.2) is 0 Å². The molecule has 0 saturated heterocycles. The molecule has 3 rings (SSSR count). The van der Waals surface area contributed by atoms with E-state index in [0.29, 0.717) is 19.4 Å². The van der Waals surface area contributed by atoms with Gasteiger partial charge in [-0.1, -0.05) is 23.8 Å². The summed E-state index contributed by atoms with van der Waals surface area (Å²) in [7, 11) is 0. The van der Waals surface area contributed by atoms with E-state index in [0.717, 1.165) is 22.8 Å². The van der Waals surface area contributed by atoms with Gasteiger partial charge in [-0.05, 0) is 19.4 Å². The largest absolute Gasteiger partial charge is 0.481 e. The average molecular weight is 257 g/mol. The maximum atomic E-state index is 11.1. The molecule has 0 fully saturated rings. The van der Waals surface area contributed by atoms with E-state index in [9.17, 15) is 4.79 Å². The van der Waals surface area contributed by atoms with Crippen molar-refractivity contribution < 1.29 is 9.90 Å². The van der Waals surface area contributed by atoms with Crippen molar-refractivity contribution in [3.8, 4) is 11.4 Å². The molecule has 1 aromatic heterocycles. The maximum Gasteiger partial charge on any atom is 0.308 e. The second-order valence-corrected chi connectivity index (χ2v) is 4.99. The number of hydrogen-bond acceptors (Lipinski definition) is 3. The molecule has 1 N–H and O–H groups in total. The summed E-state index contributed by atoms with van der Waals surface area (Å²) in [6.07, 6.45) is 1.32. The van der Waals surface area contributed by atoms with Crippen LogP contribution in [-0.2, 0) is 17.8 Å². The van der Waals surface area contributed by atoms with E-state index in [-0.39, 0.29) is 5.92 Å². The summed E-state index contributed by atoms with van der Waals surface area (Å²) in [5.41, 5.74) is 2.14. The zero-order valence-corrected chi connectivity index (χ0v) is 10.7. The molecule has 2 heterocycles. The second-order valence-electron chi connectivity index (χ2n) is 4.99. The van der Waals surface area contributed by atoms with Gasteiger partial charge in [0.15, 0.2) is 5.82 Å². The summed E-state index contributed by atoms with van der Waals surface area (Å²) in [6, 6.07) is 8.02. The molecule has 0 aliphatic carbocycles. The molecular formula is C14H15N3O2. The Labute approximate surface area is 110 Å². The first-order valence-electron chi connectivity index (χ1n) is 6.37. The van der Waals surface area contributed by atoms with Crippen LogP contribution >= 0.6 is 0 Å². The number of rotatable bonds is 2. The first-order valence-corrected chi connectivity index (χ1v) is 6.37. The smallest absolute Gasteiger partial charge is 0.308 e. The number of benzene rings is 1. The molecule has 1 aromatic carbocycles. The summed E-state index contributed by atoms with van der Waals surface area (Å²) in [5.74, 6) is 0.570. The monoisotopic (exact) mass is 257 g/mol. The van der Waals surface area contributed by atoms with Crippen LogP contribution in [-0.4, -0.2) is 25.8 Å². The number of aliphatic carboxylic acids is 1. The van der Waals surface area contributed by atoms with Gasteiger partial charge in [-0.2, -0.15) is 0 Å². The number of carboxylic acid groups (broad SMARTS) is 1. The van der Waals surface area contributed by atoms with E-state index in [2.05, 4.69) is 10.2 Å². The Kier molecular flexibility index (Phi) is 2.81. The summed E-state index contributed by atoms with van der Waals surface area (Å²) in [5, 5.41) is 17.6. The molecule has 0 unspecified atom stereocenters. The van der Waals surface area contributed by atoms with E-state index < -0.39 is 5.97 Å². The minimum atomic E-state index is -0.741. The molecule has 0 amide bonds. The third-order valence-corrected chi connectivity index (χ3v) is 3.57. The highest BCUT2D eigenvalue weighted by molar-refractivity contribution is 5.70. The van der Waals surface area contributed by atoms with Crippen LogP contribution in [0, 0.1) is 12.8 Å². The van der Waals surface area contributed by atoms with Crippen LogP contribution in [0.2, 0.25) is 0 Å². The number of carbonyl (C=O) groups is 1. The zero-order chi connectivity index (χ0) is 13.4. The van der Waals surface area contributed by atoms with Crippen LogP contribution in [0.1, 0.15) is 17.8 Å². The normalized spacial score (nSPS) is 18.1. The molecule has 1 aliphatic heterocycles. The van der Waals surface area contributed by atoms with Crippen LogP contribution in [0.15, 0.2) is 24.3 Å². The maximum absolute atomic E-state index is 11.1. The topological polar surface area (TPSA) is 68.0 Å². The van der Waals surface area contributed by atoms with Crippen LogP contribution in [0.3, 0.4) is 0 Å². The molecule has 0 bridgehead atoms. The molecule has 2 aromatic rings. The zero-order valence-electron chi connectivity index (χ0n) is 10.7. The Bertz CT molecular complexity index is 633. The van der Waals surface area contributed by atoms with Gasteiger partial charge in [-0.15, -0.1) is 10.2 Å². The highest BCUT2D eigenvalue weighted by Crippen LogP contribution is 2.26. The van der Waals surface area contributed by atoms with Crippen molar-refractivity contribution in [2.75, 3.05) is 0 Å². The number of carboxylic acids is 1. The van der Waals surface area contributed by atoms with Crippen molar-refractivity contribution in [2.45, 2.75) is 26.3 Å². The third-order valence-electron chi connectivity index (χ3n) is 3.57. The second kappa shape index (κ2) is 4.50. The molecule has 1 aliphatic rings. The predicted molar refractivity (Wildman–Crippen MR) is 69.6 cm³/mol. The minimum Gasteiger partial charge on any atom is -0.481 e. The first-order chi connectivity index (χ1) is 9.15. The van der Waals surface area contributed by atoms with Crippen LogP contribution in [0.5, 0.6) is 0 Å². The fraction of sp³-hybridized carbons (Fsp3) is 0.357. The molecular weight excluding hydrogens is 242 g/mol. The Balaban J connectivity index is 2.01. The average Bonchev–Trinajstić information content (AvgIpc) is 2.81. The van der Waals surface area contributed by atoms with Crippen molar-refractivity contribution in [3.63, 3.8) is 0 Å². The molecule has 1 atom stereocenters. The summed E-state index contributed by atoms with van der Waals surface area (Å²) in [4.78, 5) is 11.1. The van der Waals surface area contributed by atoms with Crippen molar-refractivity contribution >= 4 is 5.97 Å². The van der Waals surface area contributed by atoms with Gasteiger partial charge in [0.1, 0.15) is 5.82 Å². The van der Waals surface area contributed by atoms with Crippen LogP contribution < -0.4 is 0 Å². The fourth-order valence-corrected chi connectivity index (χ4v) is 2.53. The van der Waals surface area contributed by atoms with Crippen LogP contribution in [0.25, 0.3) is 11.4 Å². The number of nitrogens with zero attached hydrogens (tertiary/aromatic N) is 3. The van der Waals surface area contributed by atoms with Crippen molar-refractivity contribution in [1.82, 2.24) is 14.8 Å². The SMILES string of the molecule is Cc1cccc(-c2nnc3n2C[C@@H](C(=O)O)CC3)c1. The van der Waals surface area contributed by atoms with Gasteiger partial charge < -0.3 is 9.67 Å². The van der Waals surface area contributed by atoms with Crippen molar-refractivity contribution in [3.05, 3.63) is 35.7 Å². The lowest BCUT2D eigenvalue weighted by atomic mass is 9.99. The molecule has 98 valence electrons. The van der Waals surface area contributed by atoms with Crippen molar-refractivity contribution in [2.24, 2.45) is 5.92 Å². The lowest BCUT2D eigenvalue weighted by Crippen LogP contribution is -2.27. The van der Waals surface area contributed by atoms with E-state index in [1.54, 1.807) is 0 Å². The number of aromatic nitrogens is 3. The molecule has 0 radical (unpaired) electrons. The van der Waals surface area contributed by atoms with E-state index in [1.165, 1.54) is 0 Å². The number of aryl methyl sites for hydroxylation is 2. The molecule has 19 heavy (non-hydrogen) atoms. The first kappa shape index (κ1) is 11.9. The highest BCUT2D eigenvalue weighted by Gasteiger charge is 2.27. The van der Waals surface area contributed by atoms with E-state index >= 15 is 0 Å². The lowest BCUT2D eigenvalue weighted by molar-refractivity contribution is -0.142. The Morgan fingerprint density at radius 2 is 2.26 bits per heavy atom. The van der Waals surface area contributed by atoms with Gasteiger partial charge in [0, 0.05) is 18.5 Å². The summed E-state index contributed by atoms with van der Waals surface area (Å²) < 4.78 is 1.94. The highest BCUT2D eigenvalue weighted by atomic mass is 16.4. The van der Waals surface area contributed by atoms with Gasteiger partial charge >= 0.3 is 5.97 Å². The summed E-state index contributed by atoms with van der Waals surface area (Å²) in [6.45, 7) is 2.48. The molecule has 5 heteroatoms. The third kappa shape index (κ3) is 2.12. The minimum absolute atomic E-state index is 0.341. The van der Waals surface area contributed by atoms with Crippen LogP contribution in [0.4, 0.5) is 0 Å². The van der Waals surface area contributed by atoms with E-state index in [4.69, 9.17) is 5.11 Å². The quantitative estimate of drug-likeness (QED) is 0.892. The van der Waals surface area contributed by atoms with Gasteiger partial charge in [-0.3, -0.25) is 4.79 Å². The Morgan fingerprint density at radius 3 is 3.00 bits per heavy atom. The van der Waals surface area contributed by atoms with Gasteiger partial charge in [0.25, 0.3) is 0 Å². The van der Waals surface area contributed by atoms with E-state index in [1.807, 2.05) is 35.8 Å². The lowest BCUT2D eigenvalue weighted by Gasteiger charge is -2.21. The fourth-order valence-electron chi connectivity index (χ4n) is 2.53. The Hall–Kier alpha value is -2.17. The molecule has 0 saturated carbocycles. The summed E-state index contributed by atoms with van der Waals surface area (Å²) >= 11 is 0. The molecule has 0 spiro atoms. The number of fused-ring (bicyclic) bond motifs is 1. The molecule has 5 nitrogen and oxygen atoms in total. The standard InChI is InChI=1S/C14H15N3O2/c1-9-3-2-4-10(7-9)13-16-15-12-6-5-11(14(18)19)8-17(12)13/h2-4,7,11H,5-6,8H2,1H3,(H,18,19)/t11-/m0/s1.